The summed E-state index contributed by atoms with van der Waals surface area (Å²) in [6, 6.07) is 10.6. The second-order valence-electron chi connectivity index (χ2n) is 4.79. The molecular formula is C15H15BrCl2S. The van der Waals surface area contributed by atoms with Crippen LogP contribution < -0.4 is 0 Å². The summed E-state index contributed by atoms with van der Waals surface area (Å²) in [6.07, 6.45) is 0.863. The molecule has 4 heteroatoms. The number of hydrogen-bond donors (Lipinski definition) is 0. The van der Waals surface area contributed by atoms with Crippen LogP contribution in [-0.2, 0) is 11.8 Å². The molecular weight excluding hydrogens is 363 g/mol. The van der Waals surface area contributed by atoms with Gasteiger partial charge in [0.05, 0.1) is 0 Å². The zero-order chi connectivity index (χ0) is 13.9. The van der Waals surface area contributed by atoms with Crippen molar-refractivity contribution in [2.75, 3.05) is 11.8 Å². The molecule has 0 N–H and O–H groups in total. The van der Waals surface area contributed by atoms with Crippen molar-refractivity contribution in [1.29, 1.82) is 0 Å². The van der Waals surface area contributed by atoms with E-state index >= 15 is 0 Å². The van der Waals surface area contributed by atoms with Crippen LogP contribution >= 0.6 is 50.5 Å². The smallest absolute Gasteiger partial charge is 0.0335 e. The van der Waals surface area contributed by atoms with Crippen molar-refractivity contribution in [1.82, 2.24) is 0 Å². The van der Waals surface area contributed by atoms with Gasteiger partial charge in [0.1, 0.15) is 0 Å². The summed E-state index contributed by atoms with van der Waals surface area (Å²) in [7, 11) is 0. The van der Waals surface area contributed by atoms with Gasteiger partial charge in [-0.15, -0.1) is 34.5 Å². The van der Waals surface area contributed by atoms with Gasteiger partial charge in [-0.2, -0.15) is 0 Å². The van der Waals surface area contributed by atoms with E-state index in [9.17, 15) is 0 Å². The van der Waals surface area contributed by atoms with Crippen molar-refractivity contribution in [3.63, 3.8) is 0 Å². The second kappa shape index (κ2) is 6.62. The molecule has 0 saturated heterocycles. The van der Waals surface area contributed by atoms with Gasteiger partial charge in [0.2, 0.25) is 0 Å². The van der Waals surface area contributed by atoms with Gasteiger partial charge in [-0.1, -0.05) is 29.8 Å². The third-order valence-corrected chi connectivity index (χ3v) is 6.28. The maximum Gasteiger partial charge on any atom is 0.0335 e. The minimum atomic E-state index is -0.206. The Morgan fingerprint density at radius 3 is 2.47 bits per heavy atom. The number of rotatable bonds is 5. The molecule has 0 aliphatic carbocycles. The van der Waals surface area contributed by atoms with Crippen molar-refractivity contribution in [3.8, 4) is 0 Å². The molecule has 1 aromatic heterocycles. The Balaban J connectivity index is 2.40. The molecule has 19 heavy (non-hydrogen) atoms. The highest BCUT2D eigenvalue weighted by molar-refractivity contribution is 9.10. The third-order valence-electron chi connectivity index (χ3n) is 3.33. The van der Waals surface area contributed by atoms with Gasteiger partial charge in [-0.3, -0.25) is 0 Å². The molecule has 0 fully saturated rings. The van der Waals surface area contributed by atoms with E-state index in [2.05, 4.69) is 58.6 Å². The number of benzene rings is 1. The molecule has 102 valence electrons. The van der Waals surface area contributed by atoms with E-state index in [1.807, 2.05) is 0 Å². The highest BCUT2D eigenvalue weighted by atomic mass is 79.9. The molecule has 0 aliphatic rings. The average molecular weight is 378 g/mol. The maximum atomic E-state index is 6.29. The van der Waals surface area contributed by atoms with Gasteiger partial charge in [0, 0.05) is 26.5 Å². The van der Waals surface area contributed by atoms with Crippen LogP contribution in [0.15, 0.2) is 40.2 Å². The highest BCUT2D eigenvalue weighted by Crippen LogP contribution is 2.36. The molecule has 0 unspecified atom stereocenters. The fourth-order valence-electron chi connectivity index (χ4n) is 2.12. The molecule has 0 atom stereocenters. The van der Waals surface area contributed by atoms with Crippen molar-refractivity contribution in [2.45, 2.75) is 18.8 Å². The largest absolute Gasteiger partial charge is 0.148 e. The van der Waals surface area contributed by atoms with Crippen LogP contribution in [0, 0.1) is 6.92 Å². The summed E-state index contributed by atoms with van der Waals surface area (Å²) in [5.41, 5.74) is 2.25. The lowest BCUT2D eigenvalue weighted by molar-refractivity contribution is 0.540. The Hall–Kier alpha value is -0.0200. The van der Waals surface area contributed by atoms with E-state index < -0.39 is 0 Å². The highest BCUT2D eigenvalue weighted by Gasteiger charge is 2.32. The second-order valence-corrected chi connectivity index (χ2v) is 7.18. The van der Waals surface area contributed by atoms with Crippen molar-refractivity contribution < 1.29 is 0 Å². The number of thiophene rings is 1. The van der Waals surface area contributed by atoms with Crippen LogP contribution in [-0.4, -0.2) is 11.8 Å². The summed E-state index contributed by atoms with van der Waals surface area (Å²) < 4.78 is 1.14. The molecule has 0 bridgehead atoms. The van der Waals surface area contributed by atoms with E-state index in [1.54, 1.807) is 11.3 Å². The SMILES string of the molecule is Cc1cccc(C(CCl)(CCl)Cc2sccc2Br)c1. The summed E-state index contributed by atoms with van der Waals surface area (Å²) >= 11 is 17.9. The first-order valence-corrected chi connectivity index (χ1v) is 8.76. The molecule has 0 saturated carbocycles. The lowest BCUT2D eigenvalue weighted by Gasteiger charge is -2.30. The summed E-state index contributed by atoms with van der Waals surface area (Å²) in [4.78, 5) is 1.29. The van der Waals surface area contributed by atoms with E-state index in [1.165, 1.54) is 16.0 Å². The first-order chi connectivity index (χ1) is 9.11. The monoisotopic (exact) mass is 376 g/mol. The van der Waals surface area contributed by atoms with E-state index in [0.29, 0.717) is 11.8 Å². The maximum absolute atomic E-state index is 6.29. The van der Waals surface area contributed by atoms with Crippen LogP contribution in [0.3, 0.4) is 0 Å². The predicted octanol–water partition coefficient (Wildman–Crippen LogP) is 5.78. The molecule has 0 spiro atoms. The van der Waals surface area contributed by atoms with Crippen molar-refractivity contribution in [3.05, 3.63) is 56.2 Å². The molecule has 0 aliphatic heterocycles. The fraction of sp³-hybridized carbons (Fsp3) is 0.333. The Labute approximate surface area is 136 Å². The Morgan fingerprint density at radius 1 is 1.21 bits per heavy atom. The molecule has 0 radical (unpaired) electrons. The van der Waals surface area contributed by atoms with Gasteiger partial charge in [-0.05, 0) is 46.3 Å². The number of alkyl halides is 2. The number of aryl methyl sites for hydroxylation is 1. The van der Waals surface area contributed by atoms with Crippen molar-refractivity contribution >= 4 is 50.5 Å². The van der Waals surface area contributed by atoms with Gasteiger partial charge in [0.25, 0.3) is 0 Å². The lowest BCUT2D eigenvalue weighted by atomic mass is 9.80. The summed E-state index contributed by atoms with van der Waals surface area (Å²) in [5.74, 6) is 1.04. The zero-order valence-corrected chi connectivity index (χ0v) is 14.5. The number of hydrogen-bond acceptors (Lipinski definition) is 1. The Morgan fingerprint density at radius 2 is 1.95 bits per heavy atom. The van der Waals surface area contributed by atoms with Gasteiger partial charge < -0.3 is 0 Å². The topological polar surface area (TPSA) is 0 Å². The van der Waals surface area contributed by atoms with Gasteiger partial charge in [0.15, 0.2) is 0 Å². The number of halogens is 3. The minimum absolute atomic E-state index is 0.206. The van der Waals surface area contributed by atoms with Crippen LogP contribution in [0.1, 0.15) is 16.0 Å². The molecule has 1 heterocycles. The van der Waals surface area contributed by atoms with E-state index in [-0.39, 0.29) is 5.41 Å². The average Bonchev–Trinajstić information content (AvgIpc) is 2.81. The molecule has 0 nitrogen and oxygen atoms in total. The molecule has 2 rings (SSSR count). The van der Waals surface area contributed by atoms with Crippen LogP contribution in [0.4, 0.5) is 0 Å². The Bertz CT molecular complexity index is 547. The minimum Gasteiger partial charge on any atom is -0.148 e. The quantitative estimate of drug-likeness (QED) is 0.579. The predicted molar refractivity (Wildman–Crippen MR) is 90.0 cm³/mol. The normalized spacial score (nSPS) is 11.8. The molecule has 1 aromatic carbocycles. The van der Waals surface area contributed by atoms with Crippen molar-refractivity contribution in [2.24, 2.45) is 0 Å². The van der Waals surface area contributed by atoms with Crippen LogP contribution in [0.2, 0.25) is 0 Å². The van der Waals surface area contributed by atoms with Gasteiger partial charge >= 0.3 is 0 Å². The van der Waals surface area contributed by atoms with E-state index in [4.69, 9.17) is 23.2 Å². The molecule has 2 aromatic rings. The van der Waals surface area contributed by atoms with Crippen LogP contribution in [0.5, 0.6) is 0 Å². The van der Waals surface area contributed by atoms with Gasteiger partial charge in [-0.25, -0.2) is 0 Å². The standard InChI is InChI=1S/C15H15BrCl2S/c1-11-3-2-4-12(7-11)15(9-17,10-18)8-14-13(16)5-6-19-14/h2-7H,8-10H2,1H3. The lowest BCUT2D eigenvalue weighted by Crippen LogP contribution is -2.33. The Kier molecular flexibility index (Phi) is 5.36. The summed E-state index contributed by atoms with van der Waals surface area (Å²) in [5, 5.41) is 2.09. The summed E-state index contributed by atoms with van der Waals surface area (Å²) in [6.45, 7) is 2.10. The fourth-order valence-corrected chi connectivity index (χ4v) is 4.54. The van der Waals surface area contributed by atoms with E-state index in [0.717, 1.165) is 10.9 Å². The first-order valence-electron chi connectivity index (χ1n) is 6.02. The molecule has 0 amide bonds. The first kappa shape index (κ1) is 15.4. The third kappa shape index (κ3) is 3.36. The van der Waals surface area contributed by atoms with Crippen LogP contribution in [0.25, 0.3) is 0 Å². The zero-order valence-electron chi connectivity index (χ0n) is 10.6.